The lowest BCUT2D eigenvalue weighted by Gasteiger charge is -2.38. The van der Waals surface area contributed by atoms with Crippen molar-refractivity contribution in [1.82, 2.24) is 0 Å². The van der Waals surface area contributed by atoms with Crippen LogP contribution in [0.15, 0.2) is 54.6 Å². The van der Waals surface area contributed by atoms with Gasteiger partial charge in [0.15, 0.2) is 6.20 Å². The van der Waals surface area contributed by atoms with Crippen LogP contribution in [0.25, 0.3) is 0 Å². The molecule has 0 saturated carbocycles. The molecule has 1 atom stereocenters. The molecule has 0 bridgehead atoms. The van der Waals surface area contributed by atoms with Crippen molar-refractivity contribution in [3.05, 3.63) is 60.2 Å². The van der Waals surface area contributed by atoms with Crippen LogP contribution in [0.5, 0.6) is 0 Å². The van der Waals surface area contributed by atoms with Crippen molar-refractivity contribution >= 4 is 8.32 Å². The number of ether oxygens (including phenoxy) is 2. The topological polar surface area (TPSA) is 27.7 Å². The summed E-state index contributed by atoms with van der Waals surface area (Å²) in [5, 5.41) is 0.104. The zero-order chi connectivity index (χ0) is 22.3. The number of hydrogen-bond acceptors (Lipinski definition) is 3. The molecule has 164 valence electrons. The predicted octanol–water partition coefficient (Wildman–Crippen LogP) is 6.08. The Labute approximate surface area is 179 Å². The molecular formula is C24H42NO3Si+. The van der Waals surface area contributed by atoms with Gasteiger partial charge in [-0.05, 0) is 43.1 Å². The highest BCUT2D eigenvalue weighted by atomic mass is 28.4. The molecule has 29 heavy (non-hydrogen) atoms. The molecule has 0 spiro atoms. The molecule has 0 amide bonds. The van der Waals surface area contributed by atoms with Crippen LogP contribution in [0.1, 0.15) is 40.2 Å². The van der Waals surface area contributed by atoms with Gasteiger partial charge in [0.05, 0.1) is 27.3 Å². The molecule has 0 heterocycles. The fourth-order valence-electron chi connectivity index (χ4n) is 2.77. The Bertz CT molecular complexity index is 675. The molecule has 0 fully saturated rings. The van der Waals surface area contributed by atoms with Gasteiger partial charge in [-0.1, -0.05) is 57.7 Å². The maximum atomic E-state index is 6.47. The number of likely N-dealkylation sites (N-methyl/N-ethyl adjacent to an activating group) is 1. The van der Waals surface area contributed by atoms with E-state index in [2.05, 4.69) is 79.8 Å². The van der Waals surface area contributed by atoms with Gasteiger partial charge in [0, 0.05) is 0 Å². The summed E-state index contributed by atoms with van der Waals surface area (Å²) in [7, 11) is 2.28. The van der Waals surface area contributed by atoms with Gasteiger partial charge >= 0.3 is 5.95 Å². The normalized spacial score (nSPS) is 14.4. The van der Waals surface area contributed by atoms with Crippen molar-refractivity contribution in [2.75, 3.05) is 27.3 Å². The Hall–Kier alpha value is -1.56. The summed E-state index contributed by atoms with van der Waals surface area (Å²) >= 11 is 0. The molecule has 0 saturated heterocycles. The number of hydrogen-bond donors (Lipinski definition) is 0. The highest BCUT2D eigenvalue weighted by Crippen LogP contribution is 2.38. The van der Waals surface area contributed by atoms with Gasteiger partial charge in [0.2, 0.25) is 0 Å². The summed E-state index contributed by atoms with van der Waals surface area (Å²) in [5.74, 6) is 0.610. The summed E-state index contributed by atoms with van der Waals surface area (Å²) in [4.78, 5) is 0. The van der Waals surface area contributed by atoms with E-state index in [-0.39, 0.29) is 11.1 Å². The predicted molar refractivity (Wildman–Crippen MR) is 125 cm³/mol. The Kier molecular flexibility index (Phi) is 9.19. The van der Waals surface area contributed by atoms with Crippen LogP contribution in [0.3, 0.4) is 0 Å². The largest absolute Gasteiger partial charge is 0.515 e. The Morgan fingerprint density at radius 2 is 1.76 bits per heavy atom. The fourth-order valence-corrected chi connectivity index (χ4v) is 3.69. The van der Waals surface area contributed by atoms with Crippen molar-refractivity contribution in [2.24, 2.45) is 0 Å². The quantitative estimate of drug-likeness (QED) is 0.188. The molecule has 0 radical (unpaired) electrons. The SMILES string of the molecule is C=C(C)C(COCc1ccccc1)[N+](C)(C)/C=C(\OCC)O[Si](C)(C)C(C)(C)C. The maximum Gasteiger partial charge on any atom is 0.321 e. The van der Waals surface area contributed by atoms with Crippen molar-refractivity contribution in [3.63, 3.8) is 0 Å². The van der Waals surface area contributed by atoms with E-state index >= 15 is 0 Å². The van der Waals surface area contributed by atoms with Gasteiger partial charge in [-0.2, -0.15) is 0 Å². The summed E-state index contributed by atoms with van der Waals surface area (Å²) in [6.45, 7) is 21.2. The summed E-state index contributed by atoms with van der Waals surface area (Å²) in [5.41, 5.74) is 2.24. The molecule has 0 aliphatic carbocycles. The molecule has 1 unspecified atom stereocenters. The van der Waals surface area contributed by atoms with Crippen molar-refractivity contribution < 1.29 is 18.4 Å². The van der Waals surface area contributed by atoms with Gasteiger partial charge in [0.25, 0.3) is 8.32 Å². The number of nitrogens with zero attached hydrogens (tertiary/aromatic N) is 1. The molecule has 0 aliphatic rings. The third-order valence-corrected chi connectivity index (χ3v) is 9.97. The molecule has 1 rings (SSSR count). The Morgan fingerprint density at radius 1 is 1.17 bits per heavy atom. The third kappa shape index (κ3) is 7.99. The van der Waals surface area contributed by atoms with E-state index in [1.54, 1.807) is 0 Å². The van der Waals surface area contributed by atoms with E-state index in [1.807, 2.05) is 25.1 Å². The Morgan fingerprint density at radius 3 is 2.24 bits per heavy atom. The highest BCUT2D eigenvalue weighted by molar-refractivity contribution is 6.74. The fraction of sp³-hybridized carbons (Fsp3) is 0.583. The molecule has 4 nitrogen and oxygen atoms in total. The lowest BCUT2D eigenvalue weighted by Crippen LogP contribution is -2.48. The average Bonchev–Trinajstić information content (AvgIpc) is 2.57. The second-order valence-corrected chi connectivity index (χ2v) is 14.5. The molecule has 1 aromatic carbocycles. The van der Waals surface area contributed by atoms with Crippen LogP contribution >= 0.6 is 0 Å². The van der Waals surface area contributed by atoms with E-state index in [0.29, 0.717) is 30.2 Å². The van der Waals surface area contributed by atoms with E-state index in [1.165, 1.54) is 5.56 Å². The number of benzene rings is 1. The van der Waals surface area contributed by atoms with Crippen LogP contribution in [-0.4, -0.2) is 46.2 Å². The van der Waals surface area contributed by atoms with Gasteiger partial charge in [-0.15, -0.1) is 0 Å². The number of quaternary nitrogens is 1. The second-order valence-electron chi connectivity index (χ2n) is 9.74. The lowest BCUT2D eigenvalue weighted by atomic mass is 10.1. The zero-order valence-electron chi connectivity index (χ0n) is 20.0. The standard InChI is InChI=1S/C24H42NO3Si/c1-11-27-23(28-29(9,10)24(4,5)6)17-25(7,8)22(20(2)3)19-26-18-21-15-13-12-14-16-21/h12-17,22H,2,11,18-19H2,1,3-10H3/q+1/b23-17+. The first-order valence-electron chi connectivity index (χ1n) is 10.4. The van der Waals surface area contributed by atoms with Crippen LogP contribution in [0.4, 0.5) is 0 Å². The summed E-state index contributed by atoms with van der Waals surface area (Å²) in [6.07, 6.45) is 2.06. The minimum absolute atomic E-state index is 0.0946. The Balaban J connectivity index is 2.98. The van der Waals surface area contributed by atoms with Crippen molar-refractivity contribution in [3.8, 4) is 0 Å². The minimum atomic E-state index is -1.99. The van der Waals surface area contributed by atoms with Gasteiger partial charge in [-0.25, -0.2) is 0 Å². The smallest absolute Gasteiger partial charge is 0.321 e. The van der Waals surface area contributed by atoms with Crippen LogP contribution in [-0.2, 0) is 20.5 Å². The molecular weight excluding hydrogens is 378 g/mol. The van der Waals surface area contributed by atoms with Crippen LogP contribution in [0.2, 0.25) is 18.1 Å². The summed E-state index contributed by atoms with van der Waals surface area (Å²) in [6, 6.07) is 10.3. The lowest BCUT2D eigenvalue weighted by molar-refractivity contribution is -0.861. The van der Waals surface area contributed by atoms with E-state index in [4.69, 9.17) is 13.9 Å². The maximum absolute atomic E-state index is 6.47. The van der Waals surface area contributed by atoms with Gasteiger partial charge in [0.1, 0.15) is 12.6 Å². The van der Waals surface area contributed by atoms with E-state index in [0.717, 1.165) is 5.57 Å². The number of rotatable bonds is 11. The molecule has 5 heteroatoms. The molecule has 0 N–H and O–H groups in total. The second kappa shape index (κ2) is 10.5. The van der Waals surface area contributed by atoms with E-state index < -0.39 is 8.32 Å². The molecule has 0 aliphatic heterocycles. The minimum Gasteiger partial charge on any atom is -0.515 e. The van der Waals surface area contributed by atoms with Gasteiger partial charge < -0.3 is 13.9 Å². The van der Waals surface area contributed by atoms with Crippen LogP contribution < -0.4 is 0 Å². The zero-order valence-corrected chi connectivity index (χ0v) is 21.0. The van der Waals surface area contributed by atoms with Gasteiger partial charge in [-0.3, -0.25) is 4.48 Å². The first-order chi connectivity index (χ1) is 13.3. The third-order valence-electron chi connectivity index (χ3n) is 5.65. The van der Waals surface area contributed by atoms with Crippen molar-refractivity contribution in [2.45, 2.75) is 65.4 Å². The highest BCUT2D eigenvalue weighted by Gasteiger charge is 2.41. The van der Waals surface area contributed by atoms with Crippen LogP contribution in [0, 0.1) is 0 Å². The van der Waals surface area contributed by atoms with Crippen molar-refractivity contribution in [1.29, 1.82) is 0 Å². The first-order valence-corrected chi connectivity index (χ1v) is 13.4. The monoisotopic (exact) mass is 420 g/mol. The molecule has 0 aromatic heterocycles. The summed E-state index contributed by atoms with van der Waals surface area (Å²) < 4.78 is 19.0. The first kappa shape index (κ1) is 25.5. The van der Waals surface area contributed by atoms with E-state index in [9.17, 15) is 0 Å². The average molecular weight is 421 g/mol. The molecule has 1 aromatic rings.